The molecule has 0 saturated heterocycles. The van der Waals surface area contributed by atoms with Crippen molar-refractivity contribution in [1.82, 2.24) is 9.80 Å². The first kappa shape index (κ1) is 39.8. The maximum Gasteiger partial charge on any atom is 1.00 e. The molecular weight excluding hydrogens is 445 g/mol. The Morgan fingerprint density at radius 1 is 0.520 bits per heavy atom. The van der Waals surface area contributed by atoms with Crippen LogP contribution in [0.3, 0.4) is 0 Å². The van der Waals surface area contributed by atoms with Gasteiger partial charge in [0.1, 0.15) is 0 Å². The topological polar surface area (TPSA) is 167 Å². The molecule has 0 heterocycles. The molecular formula is C11H14K4N2O8. The Labute approximate surface area is 315 Å². The summed E-state index contributed by atoms with van der Waals surface area (Å²) in [7, 11) is 0. The summed E-state index contributed by atoms with van der Waals surface area (Å²) in [6.07, 6.45) is 0.140. The van der Waals surface area contributed by atoms with Gasteiger partial charge in [-0.3, -0.25) is 9.80 Å². The van der Waals surface area contributed by atoms with Crippen molar-refractivity contribution in [1.29, 1.82) is 0 Å². The second kappa shape index (κ2) is 24.6. The Balaban J connectivity index is -0.000000333. The molecule has 0 aliphatic carbocycles. The van der Waals surface area contributed by atoms with Gasteiger partial charge in [0, 0.05) is 39.3 Å². The Bertz CT molecular complexity index is 346. The van der Waals surface area contributed by atoms with Crippen molar-refractivity contribution in [3.63, 3.8) is 0 Å². The SMILES string of the molecule is O=C([O-])CN(CCCN(CC(=O)[O-])CC(=O)[O-])CC(=O)[O-].[K+].[K+].[K+].[K+]. The summed E-state index contributed by atoms with van der Waals surface area (Å²) in [6, 6.07) is 0. The van der Waals surface area contributed by atoms with Gasteiger partial charge in [-0.25, -0.2) is 0 Å². The molecule has 0 rings (SSSR count). The van der Waals surface area contributed by atoms with Gasteiger partial charge < -0.3 is 39.6 Å². The number of carbonyl (C=O) groups excluding carboxylic acids is 4. The van der Waals surface area contributed by atoms with Gasteiger partial charge >= 0.3 is 206 Å². The molecule has 14 heteroatoms. The molecule has 0 aromatic carbocycles. The van der Waals surface area contributed by atoms with Crippen LogP contribution in [0.25, 0.3) is 0 Å². The third-order valence-corrected chi connectivity index (χ3v) is 2.36. The molecule has 0 amide bonds. The van der Waals surface area contributed by atoms with E-state index in [1.165, 1.54) is 0 Å². The van der Waals surface area contributed by atoms with Gasteiger partial charge in [-0.05, 0) is 6.42 Å². The minimum atomic E-state index is -1.47. The second-order valence-corrected chi connectivity index (χ2v) is 4.26. The minimum absolute atomic E-state index is 0. The zero-order chi connectivity index (χ0) is 16.4. The molecule has 0 aromatic heterocycles. The summed E-state index contributed by atoms with van der Waals surface area (Å²) in [5.74, 6) is -5.90. The monoisotopic (exact) mass is 458 g/mol. The fourth-order valence-electron chi connectivity index (χ4n) is 1.68. The van der Waals surface area contributed by atoms with E-state index in [9.17, 15) is 39.6 Å². The van der Waals surface area contributed by atoms with Crippen LogP contribution in [-0.2, 0) is 19.2 Å². The van der Waals surface area contributed by atoms with Crippen LogP contribution in [0, 0.1) is 0 Å². The third-order valence-electron chi connectivity index (χ3n) is 2.36. The predicted octanol–water partition coefficient (Wildman–Crippen LogP) is -19.0. The zero-order valence-corrected chi connectivity index (χ0v) is 27.6. The average molecular weight is 459 g/mol. The van der Waals surface area contributed by atoms with Gasteiger partial charge in [-0.15, -0.1) is 0 Å². The van der Waals surface area contributed by atoms with E-state index >= 15 is 0 Å². The van der Waals surface area contributed by atoms with E-state index in [0.717, 1.165) is 9.80 Å². The van der Waals surface area contributed by atoms with Crippen LogP contribution in [-0.4, -0.2) is 72.9 Å². The average Bonchev–Trinajstić information content (AvgIpc) is 2.24. The van der Waals surface area contributed by atoms with E-state index in [1.54, 1.807) is 0 Å². The van der Waals surface area contributed by atoms with Crippen LogP contribution in [0.1, 0.15) is 6.42 Å². The molecule has 0 spiro atoms. The molecule has 0 N–H and O–H groups in total. The first-order valence-electron chi connectivity index (χ1n) is 5.94. The maximum atomic E-state index is 10.4. The van der Waals surface area contributed by atoms with Crippen molar-refractivity contribution < 1.29 is 245 Å². The van der Waals surface area contributed by atoms with E-state index in [0.29, 0.717) is 0 Å². The molecule has 0 unspecified atom stereocenters. The minimum Gasteiger partial charge on any atom is -0.549 e. The Hall–Kier alpha value is 4.35. The number of carboxylic acids is 4. The number of aliphatic carboxylic acids is 4. The molecule has 0 atom stereocenters. The normalized spacial score (nSPS) is 9.04. The van der Waals surface area contributed by atoms with Crippen molar-refractivity contribution >= 4 is 23.9 Å². The molecule has 25 heavy (non-hydrogen) atoms. The van der Waals surface area contributed by atoms with Crippen molar-refractivity contribution in [2.75, 3.05) is 39.3 Å². The molecule has 120 valence electrons. The molecule has 0 saturated carbocycles. The largest absolute Gasteiger partial charge is 1.00 e. The number of hydrogen-bond acceptors (Lipinski definition) is 10. The molecule has 0 aromatic rings. The van der Waals surface area contributed by atoms with Crippen LogP contribution >= 0.6 is 0 Å². The standard InChI is InChI=1S/C11H18N2O8.4K/c14-8(15)4-12(5-9(16)17)2-1-3-13(6-10(18)19)7-11(20)21;;;;/h1-7H2,(H,14,15)(H,16,17)(H,18,19)(H,20,21);;;;/q;4*+1/p-4. The fourth-order valence-corrected chi connectivity index (χ4v) is 1.68. The molecule has 0 radical (unpaired) electrons. The van der Waals surface area contributed by atoms with Crippen molar-refractivity contribution in [2.24, 2.45) is 0 Å². The summed E-state index contributed by atoms with van der Waals surface area (Å²) >= 11 is 0. The van der Waals surface area contributed by atoms with Gasteiger partial charge in [-0.1, -0.05) is 0 Å². The summed E-state index contributed by atoms with van der Waals surface area (Å²) in [4.78, 5) is 43.8. The summed E-state index contributed by atoms with van der Waals surface area (Å²) in [5, 5.41) is 41.7. The first-order valence-corrected chi connectivity index (χ1v) is 5.94. The van der Waals surface area contributed by atoms with Crippen LogP contribution < -0.4 is 226 Å². The van der Waals surface area contributed by atoms with Gasteiger partial charge in [0.05, 0.1) is 23.9 Å². The van der Waals surface area contributed by atoms with E-state index in [4.69, 9.17) is 0 Å². The number of rotatable bonds is 12. The molecule has 0 aliphatic heterocycles. The molecule has 0 bridgehead atoms. The van der Waals surface area contributed by atoms with Gasteiger partial charge in [0.15, 0.2) is 0 Å². The van der Waals surface area contributed by atoms with Gasteiger partial charge in [0.25, 0.3) is 0 Å². The second-order valence-electron chi connectivity index (χ2n) is 4.26. The van der Waals surface area contributed by atoms with Gasteiger partial charge in [0.2, 0.25) is 0 Å². The van der Waals surface area contributed by atoms with Crippen LogP contribution in [0.4, 0.5) is 0 Å². The number of hydrogen-bond donors (Lipinski definition) is 0. The van der Waals surface area contributed by atoms with Crippen molar-refractivity contribution in [3.05, 3.63) is 0 Å². The van der Waals surface area contributed by atoms with E-state index < -0.39 is 50.1 Å². The molecule has 0 aliphatic rings. The first-order chi connectivity index (χ1) is 9.70. The van der Waals surface area contributed by atoms with Crippen LogP contribution in [0.5, 0.6) is 0 Å². The van der Waals surface area contributed by atoms with Crippen molar-refractivity contribution in [2.45, 2.75) is 6.42 Å². The fraction of sp³-hybridized carbons (Fsp3) is 0.636. The predicted molar refractivity (Wildman–Crippen MR) is 57.5 cm³/mol. The Kier molecular flexibility index (Phi) is 39.2. The van der Waals surface area contributed by atoms with Crippen molar-refractivity contribution in [3.8, 4) is 0 Å². The smallest absolute Gasteiger partial charge is 0.549 e. The van der Waals surface area contributed by atoms with Gasteiger partial charge in [-0.2, -0.15) is 0 Å². The van der Waals surface area contributed by atoms with E-state index in [1.807, 2.05) is 0 Å². The maximum absolute atomic E-state index is 10.4. The summed E-state index contributed by atoms with van der Waals surface area (Å²) in [5.41, 5.74) is 0. The Morgan fingerprint density at radius 2 is 0.720 bits per heavy atom. The third kappa shape index (κ3) is 28.3. The van der Waals surface area contributed by atoms with Crippen LogP contribution in [0.2, 0.25) is 0 Å². The molecule has 10 nitrogen and oxygen atoms in total. The summed E-state index contributed by atoms with van der Waals surface area (Å²) < 4.78 is 0. The number of carboxylic acid groups (broad SMARTS) is 4. The molecule has 0 fully saturated rings. The quantitative estimate of drug-likeness (QED) is 0.256. The van der Waals surface area contributed by atoms with E-state index in [2.05, 4.69) is 0 Å². The number of carbonyl (C=O) groups is 4. The number of nitrogens with zero attached hydrogens (tertiary/aromatic N) is 2. The Morgan fingerprint density at radius 3 is 0.880 bits per heavy atom. The summed E-state index contributed by atoms with van der Waals surface area (Å²) in [6.45, 7) is -2.55. The van der Waals surface area contributed by atoms with E-state index in [-0.39, 0.29) is 225 Å². The zero-order valence-electron chi connectivity index (χ0n) is 15.1. The van der Waals surface area contributed by atoms with Crippen LogP contribution in [0.15, 0.2) is 0 Å².